The van der Waals surface area contributed by atoms with Crippen LogP contribution in [0, 0.1) is 5.82 Å². The fraction of sp³-hybridized carbons (Fsp3) is 0.167. The van der Waals surface area contributed by atoms with Gasteiger partial charge in [0.25, 0.3) is 0 Å². The Bertz CT molecular complexity index is 872. The molecule has 24 heavy (non-hydrogen) atoms. The summed E-state index contributed by atoms with van der Waals surface area (Å²) in [5, 5.41) is 3.90. The first-order chi connectivity index (χ1) is 11.7. The lowest BCUT2D eigenvalue weighted by molar-refractivity contribution is 0.415. The number of nitrogens with zero attached hydrogens (tertiary/aromatic N) is 1. The van der Waals surface area contributed by atoms with E-state index in [1.165, 1.54) is 12.1 Å². The maximum atomic E-state index is 13.4. The summed E-state index contributed by atoms with van der Waals surface area (Å²) in [5.74, 6) is 0.828. The number of rotatable bonds is 5. The number of benzene rings is 2. The van der Waals surface area contributed by atoms with Crippen molar-refractivity contribution in [2.24, 2.45) is 10.7 Å². The van der Waals surface area contributed by atoms with Crippen LogP contribution < -0.4 is 15.8 Å². The highest BCUT2D eigenvalue weighted by Crippen LogP contribution is 2.20. The molecule has 0 saturated carbocycles. The first kappa shape index (κ1) is 15.9. The summed E-state index contributed by atoms with van der Waals surface area (Å²) in [7, 11) is 1.61. The Balaban J connectivity index is 1.63. The Hall–Kier alpha value is -3.02. The summed E-state index contributed by atoms with van der Waals surface area (Å²) in [6, 6.07) is 12.2. The first-order valence-electron chi connectivity index (χ1n) is 7.62. The molecule has 0 unspecified atom stereocenters. The van der Waals surface area contributed by atoms with Crippen molar-refractivity contribution in [1.29, 1.82) is 0 Å². The van der Waals surface area contributed by atoms with Crippen LogP contribution in [0.1, 0.15) is 5.56 Å². The number of halogens is 1. The minimum Gasteiger partial charge on any atom is -0.497 e. The molecule has 0 aliphatic carbocycles. The van der Waals surface area contributed by atoms with Crippen molar-refractivity contribution in [3.8, 4) is 5.75 Å². The quantitative estimate of drug-likeness (QED) is 0.497. The van der Waals surface area contributed by atoms with E-state index in [0.717, 1.165) is 27.9 Å². The summed E-state index contributed by atoms with van der Waals surface area (Å²) >= 11 is 0. The zero-order valence-electron chi connectivity index (χ0n) is 13.3. The summed E-state index contributed by atoms with van der Waals surface area (Å²) in [6.07, 6.45) is 2.55. The molecule has 3 rings (SSSR count). The van der Waals surface area contributed by atoms with Crippen LogP contribution in [0.5, 0.6) is 5.75 Å². The van der Waals surface area contributed by atoms with Gasteiger partial charge in [0.05, 0.1) is 7.11 Å². The highest BCUT2D eigenvalue weighted by atomic mass is 19.1. The lowest BCUT2D eigenvalue weighted by Crippen LogP contribution is -2.23. The van der Waals surface area contributed by atoms with Crippen LogP contribution in [0.15, 0.2) is 53.7 Å². The minimum absolute atomic E-state index is 0.244. The van der Waals surface area contributed by atoms with Gasteiger partial charge in [0, 0.05) is 35.4 Å². The maximum absolute atomic E-state index is 13.4. The maximum Gasteiger partial charge on any atom is 0.193 e. The Kier molecular flexibility index (Phi) is 4.65. The number of methoxy groups -OCH3 is 1. The molecule has 2 aromatic carbocycles. The third kappa shape index (κ3) is 3.65. The molecule has 0 radical (unpaired) electrons. The van der Waals surface area contributed by atoms with Crippen molar-refractivity contribution in [3.63, 3.8) is 0 Å². The second-order valence-corrected chi connectivity index (χ2v) is 5.38. The highest BCUT2D eigenvalue weighted by molar-refractivity contribution is 5.92. The molecule has 0 spiro atoms. The van der Waals surface area contributed by atoms with E-state index in [9.17, 15) is 4.39 Å². The molecule has 0 amide bonds. The van der Waals surface area contributed by atoms with Crippen LogP contribution in [0.25, 0.3) is 10.9 Å². The van der Waals surface area contributed by atoms with Gasteiger partial charge in [-0.15, -0.1) is 0 Å². The fourth-order valence-corrected chi connectivity index (χ4v) is 2.54. The van der Waals surface area contributed by atoms with E-state index >= 15 is 0 Å². The number of anilines is 1. The zero-order chi connectivity index (χ0) is 16.9. The van der Waals surface area contributed by atoms with E-state index in [-0.39, 0.29) is 5.82 Å². The predicted octanol–water partition coefficient (Wildman–Crippen LogP) is 3.28. The zero-order valence-corrected chi connectivity index (χ0v) is 13.3. The summed E-state index contributed by atoms with van der Waals surface area (Å²) in [6.45, 7) is 0.506. The van der Waals surface area contributed by atoms with Crippen LogP contribution in [0.4, 0.5) is 10.1 Å². The molecule has 6 heteroatoms. The number of aliphatic imine (C=N–C) groups is 1. The molecule has 4 N–H and O–H groups in total. The first-order valence-corrected chi connectivity index (χ1v) is 7.62. The molecule has 0 atom stereocenters. The number of ether oxygens (including phenoxy) is 1. The van der Waals surface area contributed by atoms with Gasteiger partial charge in [-0.3, -0.25) is 4.99 Å². The van der Waals surface area contributed by atoms with Crippen LogP contribution in [0.2, 0.25) is 0 Å². The lowest BCUT2D eigenvalue weighted by Gasteiger charge is -2.07. The van der Waals surface area contributed by atoms with Gasteiger partial charge in [-0.2, -0.15) is 0 Å². The van der Waals surface area contributed by atoms with E-state index in [1.807, 2.05) is 30.5 Å². The van der Waals surface area contributed by atoms with Gasteiger partial charge in [0.1, 0.15) is 11.6 Å². The Morgan fingerprint density at radius 1 is 1.29 bits per heavy atom. The van der Waals surface area contributed by atoms with E-state index < -0.39 is 0 Å². The molecule has 0 aliphatic heterocycles. The standard InChI is InChI=1S/C18H19FN4O/c1-24-15-4-2-3-14(10-15)23-18(20)21-8-7-12-11-22-17-6-5-13(19)9-16(12)17/h2-6,9-11,22H,7-8H2,1H3,(H3,20,21,23). The Morgan fingerprint density at radius 2 is 2.17 bits per heavy atom. The van der Waals surface area contributed by atoms with Crippen molar-refractivity contribution in [2.45, 2.75) is 6.42 Å². The number of hydrogen-bond donors (Lipinski definition) is 3. The molecule has 124 valence electrons. The van der Waals surface area contributed by atoms with E-state index in [0.29, 0.717) is 18.9 Å². The molecule has 0 fully saturated rings. The summed E-state index contributed by atoms with van der Waals surface area (Å²) in [5.41, 5.74) is 8.64. The van der Waals surface area contributed by atoms with Crippen molar-refractivity contribution in [1.82, 2.24) is 4.98 Å². The molecule has 0 aliphatic rings. The molecule has 1 heterocycles. The number of aromatic amines is 1. The molecule has 0 bridgehead atoms. The van der Waals surface area contributed by atoms with Gasteiger partial charge in [-0.25, -0.2) is 4.39 Å². The Morgan fingerprint density at radius 3 is 3.00 bits per heavy atom. The van der Waals surface area contributed by atoms with Crippen molar-refractivity contribution in [3.05, 3.63) is 60.0 Å². The molecule has 5 nitrogen and oxygen atoms in total. The topological polar surface area (TPSA) is 75.4 Å². The van der Waals surface area contributed by atoms with Gasteiger partial charge in [0.15, 0.2) is 5.96 Å². The van der Waals surface area contributed by atoms with Gasteiger partial charge >= 0.3 is 0 Å². The van der Waals surface area contributed by atoms with Gasteiger partial charge in [0.2, 0.25) is 0 Å². The molecular weight excluding hydrogens is 307 g/mol. The highest BCUT2D eigenvalue weighted by Gasteiger charge is 2.04. The predicted molar refractivity (Wildman–Crippen MR) is 95.1 cm³/mol. The summed E-state index contributed by atoms with van der Waals surface area (Å²) in [4.78, 5) is 7.44. The van der Waals surface area contributed by atoms with E-state index in [1.54, 1.807) is 13.2 Å². The van der Waals surface area contributed by atoms with Gasteiger partial charge in [-0.1, -0.05) is 6.07 Å². The average molecular weight is 326 g/mol. The van der Waals surface area contributed by atoms with Crippen LogP contribution >= 0.6 is 0 Å². The molecule has 3 aromatic rings. The van der Waals surface area contributed by atoms with Crippen LogP contribution in [0.3, 0.4) is 0 Å². The number of guanidine groups is 1. The van der Waals surface area contributed by atoms with E-state index in [4.69, 9.17) is 10.5 Å². The Labute approximate surface area is 139 Å². The van der Waals surface area contributed by atoms with E-state index in [2.05, 4.69) is 15.3 Å². The normalized spacial score (nSPS) is 11.7. The van der Waals surface area contributed by atoms with Crippen molar-refractivity contribution < 1.29 is 9.13 Å². The third-order valence-corrected chi connectivity index (χ3v) is 3.73. The number of H-pyrrole nitrogens is 1. The molecule has 1 aromatic heterocycles. The fourth-order valence-electron chi connectivity index (χ4n) is 2.54. The third-order valence-electron chi connectivity index (χ3n) is 3.73. The molecule has 0 saturated heterocycles. The second-order valence-electron chi connectivity index (χ2n) is 5.38. The smallest absolute Gasteiger partial charge is 0.193 e. The average Bonchev–Trinajstić information content (AvgIpc) is 2.97. The van der Waals surface area contributed by atoms with Gasteiger partial charge < -0.3 is 20.8 Å². The number of nitrogens with two attached hydrogens (primary N) is 1. The SMILES string of the molecule is COc1cccc(NC(N)=NCCc2c[nH]c3ccc(F)cc23)c1. The van der Waals surface area contributed by atoms with Gasteiger partial charge in [-0.05, 0) is 42.3 Å². The second kappa shape index (κ2) is 7.04. The monoisotopic (exact) mass is 326 g/mol. The minimum atomic E-state index is -0.244. The number of nitrogens with one attached hydrogen (secondary N) is 2. The number of hydrogen-bond acceptors (Lipinski definition) is 2. The van der Waals surface area contributed by atoms with Crippen LogP contribution in [-0.4, -0.2) is 24.6 Å². The number of fused-ring (bicyclic) bond motifs is 1. The van der Waals surface area contributed by atoms with Crippen LogP contribution in [-0.2, 0) is 6.42 Å². The molecular formula is C18H19FN4O. The summed E-state index contributed by atoms with van der Waals surface area (Å²) < 4.78 is 18.5. The largest absolute Gasteiger partial charge is 0.497 e. The number of aromatic nitrogens is 1. The van der Waals surface area contributed by atoms with Crippen molar-refractivity contribution >= 4 is 22.5 Å². The lowest BCUT2D eigenvalue weighted by atomic mass is 10.1. The van der Waals surface area contributed by atoms with Crippen molar-refractivity contribution in [2.75, 3.05) is 19.0 Å².